The maximum atomic E-state index is 5.01. The molecule has 2 aromatic heterocycles. The van der Waals surface area contributed by atoms with Gasteiger partial charge in [-0.2, -0.15) is 0 Å². The molecule has 2 rings (SSSR count). The standard InChI is InChI=1S/C6H4N2OS/c1-6(9-3-7-1)5-2-10-4-8-5/h1-4H. The lowest BCUT2D eigenvalue weighted by molar-refractivity contribution is 0.570. The third-order valence-corrected chi connectivity index (χ3v) is 1.70. The van der Waals surface area contributed by atoms with Gasteiger partial charge in [-0.1, -0.05) is 0 Å². The van der Waals surface area contributed by atoms with E-state index in [2.05, 4.69) is 9.97 Å². The van der Waals surface area contributed by atoms with Crippen molar-refractivity contribution in [2.45, 2.75) is 0 Å². The minimum absolute atomic E-state index is 0.723. The summed E-state index contributed by atoms with van der Waals surface area (Å²) in [5.74, 6) is 0.723. The quantitative estimate of drug-likeness (QED) is 0.625. The van der Waals surface area contributed by atoms with Gasteiger partial charge in [0.15, 0.2) is 12.2 Å². The van der Waals surface area contributed by atoms with E-state index in [0.717, 1.165) is 11.5 Å². The minimum Gasteiger partial charge on any atom is -0.442 e. The van der Waals surface area contributed by atoms with Crippen LogP contribution in [0.1, 0.15) is 0 Å². The van der Waals surface area contributed by atoms with Crippen LogP contribution in [0.25, 0.3) is 11.5 Å². The van der Waals surface area contributed by atoms with Gasteiger partial charge in [0.25, 0.3) is 0 Å². The molecule has 0 aromatic carbocycles. The van der Waals surface area contributed by atoms with Crippen LogP contribution in [0.5, 0.6) is 0 Å². The Hall–Kier alpha value is -1.16. The summed E-state index contributed by atoms with van der Waals surface area (Å²) in [6, 6.07) is 0. The number of rotatable bonds is 1. The van der Waals surface area contributed by atoms with Gasteiger partial charge >= 0.3 is 0 Å². The second kappa shape index (κ2) is 2.22. The fourth-order valence-electron chi connectivity index (χ4n) is 0.676. The Kier molecular flexibility index (Phi) is 1.25. The maximum absolute atomic E-state index is 5.01. The summed E-state index contributed by atoms with van der Waals surface area (Å²) in [6.07, 6.45) is 3.05. The molecule has 0 N–H and O–H groups in total. The SMILES string of the molecule is c1ncc(-c2cscn2)o1. The Labute approximate surface area is 61.4 Å². The van der Waals surface area contributed by atoms with Crippen LogP contribution >= 0.6 is 11.3 Å². The molecule has 0 unspecified atom stereocenters. The molecule has 0 amide bonds. The van der Waals surface area contributed by atoms with Gasteiger partial charge in [0.1, 0.15) is 5.69 Å². The van der Waals surface area contributed by atoms with Crippen molar-refractivity contribution in [1.29, 1.82) is 0 Å². The zero-order valence-electron chi connectivity index (χ0n) is 5.02. The van der Waals surface area contributed by atoms with Crippen LogP contribution < -0.4 is 0 Å². The topological polar surface area (TPSA) is 38.9 Å². The van der Waals surface area contributed by atoms with Crippen LogP contribution in [-0.4, -0.2) is 9.97 Å². The summed E-state index contributed by atoms with van der Waals surface area (Å²) in [4.78, 5) is 7.82. The van der Waals surface area contributed by atoms with E-state index in [1.54, 1.807) is 11.7 Å². The van der Waals surface area contributed by atoms with Crippen molar-refractivity contribution in [3.63, 3.8) is 0 Å². The Morgan fingerprint density at radius 3 is 3.10 bits per heavy atom. The van der Waals surface area contributed by atoms with Gasteiger partial charge in [0, 0.05) is 5.38 Å². The molecular weight excluding hydrogens is 148 g/mol. The zero-order valence-corrected chi connectivity index (χ0v) is 5.84. The third-order valence-electron chi connectivity index (χ3n) is 1.12. The fourth-order valence-corrected chi connectivity index (χ4v) is 1.22. The molecule has 0 atom stereocenters. The van der Waals surface area contributed by atoms with Crippen molar-refractivity contribution >= 4 is 11.3 Å². The summed E-state index contributed by atoms with van der Waals surface area (Å²) < 4.78 is 5.01. The number of oxazole rings is 1. The smallest absolute Gasteiger partial charge is 0.181 e. The molecule has 0 aliphatic rings. The van der Waals surface area contributed by atoms with E-state index in [1.165, 1.54) is 17.7 Å². The van der Waals surface area contributed by atoms with E-state index < -0.39 is 0 Å². The Morgan fingerprint density at radius 1 is 1.50 bits per heavy atom. The van der Waals surface area contributed by atoms with Gasteiger partial charge in [-0.05, 0) is 0 Å². The predicted molar refractivity (Wildman–Crippen MR) is 37.6 cm³/mol. The number of aromatic nitrogens is 2. The summed E-state index contributed by atoms with van der Waals surface area (Å²) >= 11 is 1.54. The number of hydrogen-bond acceptors (Lipinski definition) is 4. The summed E-state index contributed by atoms with van der Waals surface area (Å²) in [5.41, 5.74) is 2.61. The monoisotopic (exact) mass is 152 g/mol. The molecular formula is C6H4N2OS. The molecule has 0 aliphatic heterocycles. The summed E-state index contributed by atoms with van der Waals surface area (Å²) in [7, 11) is 0. The molecule has 0 saturated carbocycles. The van der Waals surface area contributed by atoms with Crippen LogP contribution in [0, 0.1) is 0 Å². The van der Waals surface area contributed by atoms with Crippen molar-refractivity contribution in [3.8, 4) is 11.5 Å². The molecule has 2 heterocycles. The van der Waals surface area contributed by atoms with Gasteiger partial charge in [-0.3, -0.25) is 0 Å². The zero-order chi connectivity index (χ0) is 6.81. The van der Waals surface area contributed by atoms with Crippen LogP contribution in [0.2, 0.25) is 0 Å². The van der Waals surface area contributed by atoms with E-state index in [-0.39, 0.29) is 0 Å². The second-order valence-corrected chi connectivity index (χ2v) is 2.46. The number of thiazole rings is 1. The molecule has 0 radical (unpaired) electrons. The molecule has 0 fully saturated rings. The van der Waals surface area contributed by atoms with Gasteiger partial charge in [0.2, 0.25) is 0 Å². The molecule has 0 spiro atoms. The van der Waals surface area contributed by atoms with Crippen molar-refractivity contribution < 1.29 is 4.42 Å². The van der Waals surface area contributed by atoms with E-state index >= 15 is 0 Å². The van der Waals surface area contributed by atoms with Crippen LogP contribution in [-0.2, 0) is 0 Å². The first-order valence-electron chi connectivity index (χ1n) is 2.74. The van der Waals surface area contributed by atoms with E-state index in [9.17, 15) is 0 Å². The normalized spacial score (nSPS) is 10.0. The highest BCUT2D eigenvalue weighted by Crippen LogP contribution is 2.16. The molecule has 4 heteroatoms. The lowest BCUT2D eigenvalue weighted by Crippen LogP contribution is -1.68. The van der Waals surface area contributed by atoms with Gasteiger partial charge in [-0.15, -0.1) is 11.3 Å². The highest BCUT2D eigenvalue weighted by molar-refractivity contribution is 7.07. The first-order chi connectivity index (χ1) is 4.97. The lowest BCUT2D eigenvalue weighted by atomic mass is 10.4. The van der Waals surface area contributed by atoms with E-state index in [1.807, 2.05) is 5.38 Å². The number of hydrogen-bond donors (Lipinski definition) is 0. The Balaban J connectivity index is 2.48. The molecule has 10 heavy (non-hydrogen) atoms. The largest absolute Gasteiger partial charge is 0.442 e. The average Bonchev–Trinajstić information content (AvgIpc) is 2.59. The fraction of sp³-hybridized carbons (Fsp3) is 0. The Morgan fingerprint density at radius 2 is 2.50 bits per heavy atom. The van der Waals surface area contributed by atoms with Crippen LogP contribution in [0.4, 0.5) is 0 Å². The van der Waals surface area contributed by atoms with Gasteiger partial charge in [0.05, 0.1) is 11.7 Å². The highest BCUT2D eigenvalue weighted by atomic mass is 32.1. The van der Waals surface area contributed by atoms with Crippen molar-refractivity contribution in [2.24, 2.45) is 0 Å². The van der Waals surface area contributed by atoms with E-state index in [4.69, 9.17) is 4.42 Å². The molecule has 0 aliphatic carbocycles. The van der Waals surface area contributed by atoms with Crippen molar-refractivity contribution in [3.05, 3.63) is 23.5 Å². The summed E-state index contributed by atoms with van der Waals surface area (Å²) in [6.45, 7) is 0. The minimum atomic E-state index is 0.723. The van der Waals surface area contributed by atoms with Crippen LogP contribution in [0.15, 0.2) is 27.9 Å². The van der Waals surface area contributed by atoms with E-state index in [0.29, 0.717) is 0 Å². The highest BCUT2D eigenvalue weighted by Gasteiger charge is 2.00. The maximum Gasteiger partial charge on any atom is 0.181 e. The first-order valence-corrected chi connectivity index (χ1v) is 3.68. The van der Waals surface area contributed by atoms with Crippen molar-refractivity contribution in [2.75, 3.05) is 0 Å². The summed E-state index contributed by atoms with van der Waals surface area (Å²) in [5, 5.41) is 1.92. The number of nitrogens with zero attached hydrogens (tertiary/aromatic N) is 2. The predicted octanol–water partition coefficient (Wildman–Crippen LogP) is 1.80. The van der Waals surface area contributed by atoms with Gasteiger partial charge < -0.3 is 4.42 Å². The Bertz CT molecular complexity index is 255. The molecule has 50 valence electrons. The average molecular weight is 152 g/mol. The third kappa shape index (κ3) is 0.823. The molecule has 2 aromatic rings. The van der Waals surface area contributed by atoms with Crippen molar-refractivity contribution in [1.82, 2.24) is 9.97 Å². The second-order valence-electron chi connectivity index (χ2n) is 1.74. The molecule has 3 nitrogen and oxygen atoms in total. The molecule has 0 bridgehead atoms. The first kappa shape index (κ1) is 5.61. The van der Waals surface area contributed by atoms with Crippen LogP contribution in [0.3, 0.4) is 0 Å². The van der Waals surface area contributed by atoms with Gasteiger partial charge in [-0.25, -0.2) is 9.97 Å². The molecule has 0 saturated heterocycles. The lowest BCUT2D eigenvalue weighted by Gasteiger charge is -1.82.